The summed E-state index contributed by atoms with van der Waals surface area (Å²) < 4.78 is 5.33. The molecule has 1 fully saturated rings. The van der Waals surface area contributed by atoms with E-state index in [1.807, 2.05) is 0 Å². The van der Waals surface area contributed by atoms with Gasteiger partial charge in [-0.25, -0.2) is 0 Å². The molecule has 3 N–H and O–H groups in total. The van der Waals surface area contributed by atoms with Crippen LogP contribution in [-0.2, 0) is 14.3 Å². The van der Waals surface area contributed by atoms with Gasteiger partial charge in [-0.3, -0.25) is 9.59 Å². The maximum atomic E-state index is 11.6. The number of carbonyl (C=O) groups excluding carboxylic acids is 2. The van der Waals surface area contributed by atoms with Gasteiger partial charge in [0.1, 0.15) is 0 Å². The second-order valence-electron chi connectivity index (χ2n) is 3.48. The highest BCUT2D eigenvalue weighted by Crippen LogP contribution is 2.03. The summed E-state index contributed by atoms with van der Waals surface area (Å²) in [7, 11) is 0. The Morgan fingerprint density at radius 3 is 2.93 bits per heavy atom. The first kappa shape index (κ1) is 11.9. The van der Waals surface area contributed by atoms with Crippen LogP contribution in [0.5, 0.6) is 0 Å². The van der Waals surface area contributed by atoms with Gasteiger partial charge >= 0.3 is 0 Å². The lowest BCUT2D eigenvalue weighted by molar-refractivity contribution is -0.138. The van der Waals surface area contributed by atoms with Crippen molar-refractivity contribution < 1.29 is 14.3 Å². The molecule has 0 aromatic carbocycles. The van der Waals surface area contributed by atoms with Gasteiger partial charge < -0.3 is 20.7 Å². The lowest BCUT2D eigenvalue weighted by Gasteiger charge is -2.32. The summed E-state index contributed by atoms with van der Waals surface area (Å²) in [4.78, 5) is 23.9. The van der Waals surface area contributed by atoms with Gasteiger partial charge in [0, 0.05) is 26.6 Å². The molecule has 0 saturated carbocycles. The number of ether oxygens (including phenoxy) is 1. The number of amides is 2. The summed E-state index contributed by atoms with van der Waals surface area (Å²) in [5.74, 6) is -0.293. The molecule has 1 atom stereocenters. The van der Waals surface area contributed by atoms with Crippen LogP contribution in [0.25, 0.3) is 0 Å². The van der Waals surface area contributed by atoms with Crippen LogP contribution >= 0.6 is 0 Å². The minimum Gasteiger partial charge on any atom is -0.373 e. The summed E-state index contributed by atoms with van der Waals surface area (Å²) >= 11 is 0. The fourth-order valence-corrected chi connectivity index (χ4v) is 1.40. The lowest BCUT2D eigenvalue weighted by Crippen LogP contribution is -2.50. The van der Waals surface area contributed by atoms with E-state index in [1.165, 1.54) is 6.92 Å². The first-order valence-corrected chi connectivity index (χ1v) is 4.97. The largest absolute Gasteiger partial charge is 0.373 e. The molecule has 1 saturated heterocycles. The predicted octanol–water partition coefficient (Wildman–Crippen LogP) is -1.69. The van der Waals surface area contributed by atoms with Crippen LogP contribution in [0.15, 0.2) is 0 Å². The SMILES string of the molecule is CC(=O)NCC(=O)N1CCOC(CN)C1. The Hall–Kier alpha value is -1.14. The van der Waals surface area contributed by atoms with Crippen LogP contribution in [0.1, 0.15) is 6.92 Å². The summed E-state index contributed by atoms with van der Waals surface area (Å²) in [6.45, 7) is 3.42. The fourth-order valence-electron chi connectivity index (χ4n) is 1.40. The van der Waals surface area contributed by atoms with Gasteiger partial charge in [-0.05, 0) is 0 Å². The van der Waals surface area contributed by atoms with E-state index >= 15 is 0 Å². The molecular weight excluding hydrogens is 198 g/mol. The van der Waals surface area contributed by atoms with Crippen molar-refractivity contribution in [2.24, 2.45) is 5.73 Å². The standard InChI is InChI=1S/C9H17N3O3/c1-7(13)11-5-9(14)12-2-3-15-8(4-10)6-12/h8H,2-6,10H2,1H3,(H,11,13). The third kappa shape index (κ3) is 3.85. The van der Waals surface area contributed by atoms with Crippen molar-refractivity contribution in [1.82, 2.24) is 10.2 Å². The van der Waals surface area contributed by atoms with Crippen molar-refractivity contribution in [1.29, 1.82) is 0 Å². The molecule has 6 nitrogen and oxygen atoms in total. The van der Waals surface area contributed by atoms with Gasteiger partial charge in [0.25, 0.3) is 0 Å². The normalized spacial score (nSPS) is 21.2. The monoisotopic (exact) mass is 215 g/mol. The number of morpholine rings is 1. The summed E-state index contributed by atoms with van der Waals surface area (Å²) in [5, 5.41) is 2.47. The highest BCUT2D eigenvalue weighted by Gasteiger charge is 2.22. The molecule has 0 aliphatic carbocycles. The van der Waals surface area contributed by atoms with Crippen molar-refractivity contribution >= 4 is 11.8 Å². The lowest BCUT2D eigenvalue weighted by atomic mass is 10.2. The molecule has 6 heteroatoms. The Bertz CT molecular complexity index is 245. The van der Waals surface area contributed by atoms with Gasteiger partial charge in [-0.1, -0.05) is 0 Å². The van der Waals surface area contributed by atoms with Gasteiger partial charge in [-0.2, -0.15) is 0 Å². The molecule has 0 spiro atoms. The third-order valence-corrected chi connectivity index (χ3v) is 2.24. The van der Waals surface area contributed by atoms with Crippen LogP contribution < -0.4 is 11.1 Å². The van der Waals surface area contributed by atoms with Crippen LogP contribution in [0, 0.1) is 0 Å². The number of nitrogens with zero attached hydrogens (tertiary/aromatic N) is 1. The molecule has 0 aromatic heterocycles. The first-order chi connectivity index (χ1) is 7.13. The van der Waals surface area contributed by atoms with E-state index in [4.69, 9.17) is 10.5 Å². The van der Waals surface area contributed by atoms with Crippen LogP contribution in [0.3, 0.4) is 0 Å². The van der Waals surface area contributed by atoms with E-state index in [9.17, 15) is 9.59 Å². The molecule has 1 unspecified atom stereocenters. The molecule has 0 radical (unpaired) electrons. The number of carbonyl (C=O) groups is 2. The number of nitrogens with two attached hydrogens (primary N) is 1. The van der Waals surface area contributed by atoms with E-state index in [0.717, 1.165) is 0 Å². The van der Waals surface area contributed by atoms with Gasteiger partial charge in [0.15, 0.2) is 0 Å². The zero-order chi connectivity index (χ0) is 11.3. The number of hydrogen-bond donors (Lipinski definition) is 2. The molecule has 1 rings (SSSR count). The average Bonchev–Trinajstić information content (AvgIpc) is 2.26. The van der Waals surface area contributed by atoms with Gasteiger partial charge in [0.05, 0.1) is 19.3 Å². The molecular formula is C9H17N3O3. The first-order valence-electron chi connectivity index (χ1n) is 4.97. The van der Waals surface area contributed by atoms with Crippen LogP contribution in [-0.4, -0.2) is 55.6 Å². The maximum Gasteiger partial charge on any atom is 0.242 e. The van der Waals surface area contributed by atoms with E-state index < -0.39 is 0 Å². The van der Waals surface area contributed by atoms with Crippen molar-refractivity contribution in [3.8, 4) is 0 Å². The van der Waals surface area contributed by atoms with Gasteiger partial charge in [-0.15, -0.1) is 0 Å². The Labute approximate surface area is 88.7 Å². The molecule has 2 amide bonds. The second kappa shape index (κ2) is 5.67. The molecule has 0 aromatic rings. The van der Waals surface area contributed by atoms with Crippen molar-refractivity contribution in [2.45, 2.75) is 13.0 Å². The van der Waals surface area contributed by atoms with E-state index in [2.05, 4.69) is 5.32 Å². The predicted molar refractivity (Wildman–Crippen MR) is 54.1 cm³/mol. The Kier molecular flexibility index (Phi) is 4.51. The number of rotatable bonds is 3. The van der Waals surface area contributed by atoms with Crippen molar-refractivity contribution in [3.63, 3.8) is 0 Å². The molecule has 15 heavy (non-hydrogen) atoms. The minimum atomic E-state index is -0.202. The molecule has 1 aliphatic heterocycles. The summed E-state index contributed by atoms with van der Waals surface area (Å²) in [5.41, 5.74) is 5.46. The fraction of sp³-hybridized carbons (Fsp3) is 0.778. The molecule has 1 aliphatic rings. The van der Waals surface area contributed by atoms with E-state index in [0.29, 0.717) is 26.2 Å². The van der Waals surface area contributed by atoms with Crippen molar-refractivity contribution in [3.05, 3.63) is 0 Å². The number of nitrogens with one attached hydrogen (secondary N) is 1. The molecule has 86 valence electrons. The Morgan fingerprint density at radius 1 is 1.60 bits per heavy atom. The average molecular weight is 215 g/mol. The third-order valence-electron chi connectivity index (χ3n) is 2.24. The summed E-state index contributed by atoms with van der Waals surface area (Å²) in [6.07, 6.45) is -0.0833. The highest BCUT2D eigenvalue weighted by molar-refractivity contribution is 5.83. The molecule has 1 heterocycles. The topological polar surface area (TPSA) is 84.7 Å². The molecule has 0 bridgehead atoms. The smallest absolute Gasteiger partial charge is 0.242 e. The zero-order valence-corrected chi connectivity index (χ0v) is 8.86. The van der Waals surface area contributed by atoms with Crippen LogP contribution in [0.4, 0.5) is 0 Å². The van der Waals surface area contributed by atoms with Gasteiger partial charge in [0.2, 0.25) is 11.8 Å². The van der Waals surface area contributed by atoms with E-state index in [1.54, 1.807) is 4.90 Å². The van der Waals surface area contributed by atoms with E-state index in [-0.39, 0.29) is 24.5 Å². The Balaban J connectivity index is 2.35. The second-order valence-corrected chi connectivity index (χ2v) is 3.48. The highest BCUT2D eigenvalue weighted by atomic mass is 16.5. The minimum absolute atomic E-state index is 0.0482. The van der Waals surface area contributed by atoms with Crippen molar-refractivity contribution in [2.75, 3.05) is 32.8 Å². The maximum absolute atomic E-state index is 11.6. The summed E-state index contributed by atoms with van der Waals surface area (Å²) in [6, 6.07) is 0. The Morgan fingerprint density at radius 2 is 2.33 bits per heavy atom. The number of hydrogen-bond acceptors (Lipinski definition) is 4. The van der Waals surface area contributed by atoms with Crippen LogP contribution in [0.2, 0.25) is 0 Å². The zero-order valence-electron chi connectivity index (χ0n) is 8.86. The quantitative estimate of drug-likeness (QED) is 0.588.